The summed E-state index contributed by atoms with van der Waals surface area (Å²) >= 11 is 1.36. The first kappa shape index (κ1) is 15.3. The van der Waals surface area contributed by atoms with Crippen LogP contribution in [0.25, 0.3) is 0 Å². The van der Waals surface area contributed by atoms with Crippen LogP contribution in [0.5, 0.6) is 0 Å². The summed E-state index contributed by atoms with van der Waals surface area (Å²) in [6.07, 6.45) is 0.791. The number of rotatable bonds is 5. The standard InChI is InChI=1S/C15H16N6OS/c1-3-12-17-19-15(23-12)16-14(22)13-10(2)21(20-18-13)9-11-7-5-4-6-8-11/h4-8H,3,9H2,1-2H3,(H,16,19,22). The fraction of sp³-hybridized carbons (Fsp3) is 0.267. The van der Waals surface area contributed by atoms with Crippen molar-refractivity contribution in [1.82, 2.24) is 25.2 Å². The van der Waals surface area contributed by atoms with Gasteiger partial charge in [-0.2, -0.15) is 0 Å². The molecule has 0 unspecified atom stereocenters. The van der Waals surface area contributed by atoms with Crippen molar-refractivity contribution in [2.45, 2.75) is 26.8 Å². The van der Waals surface area contributed by atoms with Gasteiger partial charge in [0.1, 0.15) is 5.01 Å². The second kappa shape index (κ2) is 6.66. The van der Waals surface area contributed by atoms with Gasteiger partial charge < -0.3 is 0 Å². The molecule has 1 N–H and O–H groups in total. The third kappa shape index (κ3) is 3.42. The van der Waals surface area contributed by atoms with E-state index < -0.39 is 0 Å². The minimum atomic E-state index is -0.319. The van der Waals surface area contributed by atoms with Crippen molar-refractivity contribution in [2.24, 2.45) is 0 Å². The molecule has 2 heterocycles. The Kier molecular flexibility index (Phi) is 4.42. The number of aryl methyl sites for hydroxylation is 1. The highest BCUT2D eigenvalue weighted by Crippen LogP contribution is 2.17. The first-order chi connectivity index (χ1) is 11.2. The van der Waals surface area contributed by atoms with E-state index in [1.807, 2.05) is 44.2 Å². The van der Waals surface area contributed by atoms with Crippen LogP contribution < -0.4 is 5.32 Å². The van der Waals surface area contributed by atoms with Gasteiger partial charge in [0, 0.05) is 0 Å². The molecule has 0 saturated carbocycles. The SMILES string of the molecule is CCc1nnc(NC(=O)c2nnn(Cc3ccccc3)c2C)s1. The first-order valence-corrected chi connectivity index (χ1v) is 8.06. The van der Waals surface area contributed by atoms with Gasteiger partial charge >= 0.3 is 0 Å². The molecular weight excluding hydrogens is 312 g/mol. The molecule has 1 aromatic carbocycles. The van der Waals surface area contributed by atoms with Gasteiger partial charge in [-0.05, 0) is 18.9 Å². The van der Waals surface area contributed by atoms with Crippen molar-refractivity contribution in [3.05, 3.63) is 52.3 Å². The van der Waals surface area contributed by atoms with Gasteiger partial charge in [0.2, 0.25) is 5.13 Å². The maximum Gasteiger partial charge on any atom is 0.279 e. The fourth-order valence-corrected chi connectivity index (χ4v) is 2.75. The van der Waals surface area contributed by atoms with E-state index in [0.29, 0.717) is 23.1 Å². The maximum atomic E-state index is 12.3. The van der Waals surface area contributed by atoms with Crippen LogP contribution in [0, 0.1) is 6.92 Å². The lowest BCUT2D eigenvalue weighted by Gasteiger charge is -2.03. The van der Waals surface area contributed by atoms with Crippen LogP contribution in [0.2, 0.25) is 0 Å². The van der Waals surface area contributed by atoms with Crippen LogP contribution in [-0.4, -0.2) is 31.1 Å². The summed E-state index contributed by atoms with van der Waals surface area (Å²) in [6.45, 7) is 4.40. The molecule has 1 amide bonds. The summed E-state index contributed by atoms with van der Waals surface area (Å²) in [5.41, 5.74) is 2.12. The largest absolute Gasteiger partial charge is 0.295 e. The van der Waals surface area contributed by atoms with E-state index in [4.69, 9.17) is 0 Å². The normalized spacial score (nSPS) is 10.7. The zero-order valence-corrected chi connectivity index (χ0v) is 13.7. The van der Waals surface area contributed by atoms with E-state index in [1.165, 1.54) is 11.3 Å². The number of hydrogen-bond acceptors (Lipinski definition) is 6. The molecular formula is C15H16N6OS. The van der Waals surface area contributed by atoms with Gasteiger partial charge in [0.15, 0.2) is 5.69 Å². The van der Waals surface area contributed by atoms with Gasteiger partial charge in [-0.3, -0.25) is 10.1 Å². The first-order valence-electron chi connectivity index (χ1n) is 7.25. The molecule has 0 fully saturated rings. The summed E-state index contributed by atoms with van der Waals surface area (Å²) in [5, 5.41) is 20.1. The molecule has 7 nitrogen and oxygen atoms in total. The van der Waals surface area contributed by atoms with E-state index in [1.54, 1.807) is 4.68 Å². The number of carbonyl (C=O) groups excluding carboxylic acids is 1. The minimum Gasteiger partial charge on any atom is -0.295 e. The molecule has 0 aliphatic carbocycles. The molecule has 0 aliphatic heterocycles. The van der Waals surface area contributed by atoms with Crippen molar-refractivity contribution in [1.29, 1.82) is 0 Å². The molecule has 3 aromatic rings. The highest BCUT2D eigenvalue weighted by molar-refractivity contribution is 7.15. The number of hydrogen-bond donors (Lipinski definition) is 1. The molecule has 0 atom stereocenters. The second-order valence-corrected chi connectivity index (χ2v) is 6.04. The number of anilines is 1. The zero-order valence-electron chi connectivity index (χ0n) is 12.9. The molecule has 0 spiro atoms. The number of nitrogens with zero attached hydrogens (tertiary/aromatic N) is 5. The zero-order chi connectivity index (χ0) is 16.2. The highest BCUT2D eigenvalue weighted by Gasteiger charge is 2.18. The van der Waals surface area contributed by atoms with Crippen molar-refractivity contribution >= 4 is 22.4 Å². The van der Waals surface area contributed by atoms with Gasteiger partial charge in [-0.15, -0.1) is 15.3 Å². The average molecular weight is 328 g/mol. The van der Waals surface area contributed by atoms with Crippen LogP contribution >= 0.6 is 11.3 Å². The lowest BCUT2D eigenvalue weighted by atomic mass is 10.2. The van der Waals surface area contributed by atoms with Crippen LogP contribution in [0.4, 0.5) is 5.13 Å². The summed E-state index contributed by atoms with van der Waals surface area (Å²) in [4.78, 5) is 12.3. The smallest absolute Gasteiger partial charge is 0.279 e. The topological polar surface area (TPSA) is 85.6 Å². The van der Waals surface area contributed by atoms with Crippen molar-refractivity contribution < 1.29 is 4.79 Å². The Morgan fingerprint density at radius 2 is 2.00 bits per heavy atom. The van der Waals surface area contributed by atoms with E-state index in [2.05, 4.69) is 25.8 Å². The average Bonchev–Trinajstić information content (AvgIpc) is 3.16. The summed E-state index contributed by atoms with van der Waals surface area (Å²) in [5.74, 6) is -0.319. The molecule has 23 heavy (non-hydrogen) atoms. The third-order valence-corrected chi connectivity index (χ3v) is 4.35. The Labute approximate surface area is 137 Å². The van der Waals surface area contributed by atoms with Crippen LogP contribution in [0.15, 0.2) is 30.3 Å². The predicted molar refractivity (Wildman–Crippen MR) is 87.5 cm³/mol. The Balaban J connectivity index is 1.74. The van der Waals surface area contributed by atoms with Crippen LogP contribution in [-0.2, 0) is 13.0 Å². The van der Waals surface area contributed by atoms with Crippen LogP contribution in [0.3, 0.4) is 0 Å². The predicted octanol–water partition coefficient (Wildman–Crippen LogP) is 2.30. The Hall–Kier alpha value is -2.61. The molecule has 0 radical (unpaired) electrons. The van der Waals surface area contributed by atoms with E-state index in [9.17, 15) is 4.79 Å². The monoisotopic (exact) mass is 328 g/mol. The summed E-state index contributed by atoms with van der Waals surface area (Å²) in [7, 11) is 0. The maximum absolute atomic E-state index is 12.3. The molecule has 2 aromatic heterocycles. The Morgan fingerprint density at radius 3 is 2.70 bits per heavy atom. The highest BCUT2D eigenvalue weighted by atomic mass is 32.1. The summed E-state index contributed by atoms with van der Waals surface area (Å²) in [6, 6.07) is 9.91. The molecule has 0 saturated heterocycles. The number of nitrogens with one attached hydrogen (secondary N) is 1. The molecule has 0 bridgehead atoms. The quantitative estimate of drug-likeness (QED) is 0.777. The van der Waals surface area contributed by atoms with Crippen LogP contribution in [0.1, 0.15) is 33.7 Å². The van der Waals surface area contributed by atoms with Gasteiger partial charge in [-0.1, -0.05) is 53.8 Å². The lowest BCUT2D eigenvalue weighted by molar-refractivity contribution is 0.102. The van der Waals surface area contributed by atoms with Gasteiger partial charge in [-0.25, -0.2) is 4.68 Å². The van der Waals surface area contributed by atoms with Crippen molar-refractivity contribution in [3.8, 4) is 0 Å². The van der Waals surface area contributed by atoms with Gasteiger partial charge in [0.05, 0.1) is 12.2 Å². The number of amides is 1. The Morgan fingerprint density at radius 1 is 1.22 bits per heavy atom. The second-order valence-electron chi connectivity index (χ2n) is 4.98. The Bertz CT molecular complexity index is 810. The molecule has 0 aliphatic rings. The molecule has 8 heteroatoms. The van der Waals surface area contributed by atoms with E-state index >= 15 is 0 Å². The molecule has 3 rings (SSSR count). The molecule has 118 valence electrons. The number of benzene rings is 1. The van der Waals surface area contributed by atoms with Gasteiger partial charge in [0.25, 0.3) is 5.91 Å². The van der Waals surface area contributed by atoms with Crippen molar-refractivity contribution in [3.63, 3.8) is 0 Å². The lowest BCUT2D eigenvalue weighted by Crippen LogP contribution is -2.14. The van der Waals surface area contributed by atoms with Crippen molar-refractivity contribution in [2.75, 3.05) is 5.32 Å². The van der Waals surface area contributed by atoms with E-state index in [0.717, 1.165) is 17.0 Å². The number of carbonyl (C=O) groups is 1. The summed E-state index contributed by atoms with van der Waals surface area (Å²) < 4.78 is 1.71. The van der Waals surface area contributed by atoms with E-state index in [-0.39, 0.29) is 5.91 Å². The third-order valence-electron chi connectivity index (χ3n) is 3.36. The minimum absolute atomic E-state index is 0.300. The number of aromatic nitrogens is 5. The fourth-order valence-electron chi connectivity index (χ4n) is 2.08.